The van der Waals surface area contributed by atoms with Gasteiger partial charge >= 0.3 is 0 Å². The number of rotatable bonds is 1. The van der Waals surface area contributed by atoms with Gasteiger partial charge in [0.15, 0.2) is 0 Å². The van der Waals surface area contributed by atoms with E-state index in [2.05, 4.69) is 28.7 Å². The fourth-order valence-corrected chi connectivity index (χ4v) is 3.51. The zero-order valence-corrected chi connectivity index (χ0v) is 11.6. The van der Waals surface area contributed by atoms with E-state index in [1.54, 1.807) is 17.7 Å². The first-order valence-electron chi connectivity index (χ1n) is 6.38. The van der Waals surface area contributed by atoms with Gasteiger partial charge in [0, 0.05) is 24.0 Å². The van der Waals surface area contributed by atoms with Gasteiger partial charge in [-0.3, -0.25) is 0 Å². The van der Waals surface area contributed by atoms with Crippen LogP contribution in [0.25, 0.3) is 10.2 Å². The van der Waals surface area contributed by atoms with E-state index in [1.807, 2.05) is 0 Å². The lowest BCUT2D eigenvalue weighted by Crippen LogP contribution is -2.40. The molecule has 0 bridgehead atoms. The summed E-state index contributed by atoms with van der Waals surface area (Å²) in [5.74, 6) is 1.09. The van der Waals surface area contributed by atoms with Crippen LogP contribution in [0, 0.1) is 13.8 Å². The molecule has 0 spiro atoms. The quantitative estimate of drug-likeness (QED) is 0.856. The van der Waals surface area contributed by atoms with Gasteiger partial charge in [0.05, 0.1) is 5.39 Å². The van der Waals surface area contributed by atoms with Crippen molar-refractivity contribution in [2.45, 2.75) is 32.7 Å². The minimum Gasteiger partial charge on any atom is -0.356 e. The lowest BCUT2D eigenvalue weighted by atomic mass is 10.1. The van der Waals surface area contributed by atoms with Crippen LogP contribution < -0.4 is 10.6 Å². The van der Waals surface area contributed by atoms with Gasteiger partial charge in [-0.25, -0.2) is 9.97 Å². The Morgan fingerprint density at radius 1 is 1.28 bits per heavy atom. The zero-order chi connectivity index (χ0) is 12.7. The molecule has 1 aliphatic heterocycles. The van der Waals surface area contributed by atoms with Crippen molar-refractivity contribution < 1.29 is 0 Å². The third kappa shape index (κ3) is 1.87. The Labute approximate surface area is 111 Å². The van der Waals surface area contributed by atoms with Crippen LogP contribution in [0.2, 0.25) is 0 Å². The van der Waals surface area contributed by atoms with Crippen LogP contribution in [0.4, 0.5) is 5.82 Å². The molecule has 2 N–H and O–H groups in total. The molecule has 3 rings (SSSR count). The average molecular weight is 262 g/mol. The van der Waals surface area contributed by atoms with E-state index in [0.29, 0.717) is 6.04 Å². The number of aryl methyl sites for hydroxylation is 2. The minimum absolute atomic E-state index is 0.351. The molecule has 0 unspecified atom stereocenters. The van der Waals surface area contributed by atoms with Crippen LogP contribution in [0.3, 0.4) is 0 Å². The Bertz CT molecular complexity index is 570. The van der Waals surface area contributed by atoms with Crippen molar-refractivity contribution >= 4 is 27.4 Å². The Morgan fingerprint density at radius 2 is 2.00 bits per heavy atom. The van der Waals surface area contributed by atoms with Crippen molar-refractivity contribution in [3.05, 3.63) is 16.8 Å². The van der Waals surface area contributed by atoms with Crippen LogP contribution in [0.1, 0.15) is 23.3 Å². The molecule has 0 aliphatic carbocycles. The molecule has 5 heteroatoms. The van der Waals surface area contributed by atoms with Crippen LogP contribution in [-0.4, -0.2) is 29.1 Å². The van der Waals surface area contributed by atoms with Gasteiger partial charge < -0.3 is 10.6 Å². The summed E-state index contributed by atoms with van der Waals surface area (Å²) in [6.45, 7) is 6.32. The van der Waals surface area contributed by atoms with Crippen LogP contribution in [0.15, 0.2) is 6.33 Å². The molecule has 0 amide bonds. The van der Waals surface area contributed by atoms with E-state index in [0.717, 1.165) is 36.6 Å². The van der Waals surface area contributed by atoms with E-state index in [-0.39, 0.29) is 0 Å². The lowest BCUT2D eigenvalue weighted by molar-refractivity contribution is 0.499. The molecule has 0 aromatic carbocycles. The van der Waals surface area contributed by atoms with Crippen LogP contribution in [0.5, 0.6) is 0 Å². The molecule has 3 heterocycles. The maximum Gasteiger partial charge on any atom is 0.141 e. The van der Waals surface area contributed by atoms with Crippen molar-refractivity contribution in [1.29, 1.82) is 0 Å². The maximum absolute atomic E-state index is 5.96. The summed E-state index contributed by atoms with van der Waals surface area (Å²) in [4.78, 5) is 13.7. The van der Waals surface area contributed by atoms with Crippen molar-refractivity contribution in [2.75, 3.05) is 18.0 Å². The number of nitrogens with two attached hydrogens (primary N) is 1. The van der Waals surface area contributed by atoms with E-state index in [4.69, 9.17) is 5.73 Å². The van der Waals surface area contributed by atoms with Gasteiger partial charge in [-0.2, -0.15) is 0 Å². The Balaban J connectivity index is 2.06. The molecule has 4 nitrogen and oxygen atoms in total. The maximum atomic E-state index is 5.96. The SMILES string of the molecule is Cc1sc2ncnc(N3CCC(N)CC3)c2c1C. The van der Waals surface area contributed by atoms with Crippen molar-refractivity contribution in [2.24, 2.45) is 5.73 Å². The van der Waals surface area contributed by atoms with Gasteiger partial charge in [0.1, 0.15) is 17.0 Å². The second kappa shape index (κ2) is 4.48. The summed E-state index contributed by atoms with van der Waals surface area (Å²) in [6, 6.07) is 0.351. The van der Waals surface area contributed by atoms with E-state index in [1.165, 1.54) is 15.8 Å². The highest BCUT2D eigenvalue weighted by molar-refractivity contribution is 7.18. The molecule has 0 saturated carbocycles. The smallest absolute Gasteiger partial charge is 0.141 e. The second-order valence-electron chi connectivity index (χ2n) is 4.99. The number of hydrogen-bond acceptors (Lipinski definition) is 5. The number of nitrogens with zero attached hydrogens (tertiary/aromatic N) is 3. The fraction of sp³-hybridized carbons (Fsp3) is 0.538. The lowest BCUT2D eigenvalue weighted by Gasteiger charge is -2.31. The third-order valence-corrected chi connectivity index (χ3v) is 4.90. The van der Waals surface area contributed by atoms with Gasteiger partial charge in [0.25, 0.3) is 0 Å². The standard InChI is InChI=1S/C13H18N4S/c1-8-9(2)18-13-11(8)12(15-7-16-13)17-5-3-10(14)4-6-17/h7,10H,3-6,14H2,1-2H3. The predicted molar refractivity (Wildman–Crippen MR) is 76.3 cm³/mol. The Hall–Kier alpha value is -1.20. The minimum atomic E-state index is 0.351. The fourth-order valence-electron chi connectivity index (χ4n) is 2.51. The molecule has 0 atom stereocenters. The van der Waals surface area contributed by atoms with Gasteiger partial charge in [-0.05, 0) is 32.3 Å². The Morgan fingerprint density at radius 3 is 2.72 bits per heavy atom. The van der Waals surface area contributed by atoms with Crippen molar-refractivity contribution in [3.63, 3.8) is 0 Å². The number of thiophene rings is 1. The van der Waals surface area contributed by atoms with Crippen molar-refractivity contribution in [3.8, 4) is 0 Å². The summed E-state index contributed by atoms with van der Waals surface area (Å²) in [7, 11) is 0. The molecule has 2 aromatic rings. The molecule has 1 fully saturated rings. The molecule has 1 saturated heterocycles. The molecule has 0 radical (unpaired) electrons. The van der Waals surface area contributed by atoms with E-state index < -0.39 is 0 Å². The zero-order valence-electron chi connectivity index (χ0n) is 10.8. The number of piperidine rings is 1. The topological polar surface area (TPSA) is 55.0 Å². The average Bonchev–Trinajstić information content (AvgIpc) is 2.66. The molecular weight excluding hydrogens is 244 g/mol. The highest BCUT2D eigenvalue weighted by Crippen LogP contribution is 2.34. The van der Waals surface area contributed by atoms with Gasteiger partial charge in [-0.15, -0.1) is 11.3 Å². The van der Waals surface area contributed by atoms with Gasteiger partial charge in [-0.1, -0.05) is 0 Å². The molecule has 2 aromatic heterocycles. The van der Waals surface area contributed by atoms with Gasteiger partial charge in [0.2, 0.25) is 0 Å². The summed E-state index contributed by atoms with van der Waals surface area (Å²) in [5.41, 5.74) is 7.28. The Kier molecular flexibility index (Phi) is 2.95. The molecule has 96 valence electrons. The predicted octanol–water partition coefficient (Wildman–Crippen LogP) is 2.24. The monoisotopic (exact) mass is 262 g/mol. The van der Waals surface area contributed by atoms with E-state index in [9.17, 15) is 0 Å². The van der Waals surface area contributed by atoms with E-state index >= 15 is 0 Å². The highest BCUT2D eigenvalue weighted by atomic mass is 32.1. The second-order valence-corrected chi connectivity index (χ2v) is 6.19. The normalized spacial score (nSPS) is 17.6. The van der Waals surface area contributed by atoms with Crippen LogP contribution >= 0.6 is 11.3 Å². The molecule has 1 aliphatic rings. The summed E-state index contributed by atoms with van der Waals surface area (Å²) in [6.07, 6.45) is 3.78. The molecule has 18 heavy (non-hydrogen) atoms. The third-order valence-electron chi connectivity index (χ3n) is 3.78. The molecular formula is C13H18N4S. The number of hydrogen-bond donors (Lipinski definition) is 1. The highest BCUT2D eigenvalue weighted by Gasteiger charge is 2.21. The number of anilines is 1. The van der Waals surface area contributed by atoms with Crippen molar-refractivity contribution in [1.82, 2.24) is 9.97 Å². The summed E-state index contributed by atoms with van der Waals surface area (Å²) >= 11 is 1.75. The summed E-state index contributed by atoms with van der Waals surface area (Å²) in [5, 5.41) is 1.23. The summed E-state index contributed by atoms with van der Waals surface area (Å²) < 4.78 is 0. The first-order chi connectivity index (χ1) is 8.66. The number of fused-ring (bicyclic) bond motifs is 1. The number of aromatic nitrogens is 2. The first-order valence-corrected chi connectivity index (χ1v) is 7.19. The van der Waals surface area contributed by atoms with Crippen LogP contribution in [-0.2, 0) is 0 Å². The first kappa shape index (κ1) is 11.9. The largest absolute Gasteiger partial charge is 0.356 e.